The molecular formula is C19H17NO6S. The third-order valence-electron chi connectivity index (χ3n) is 4.20. The Morgan fingerprint density at radius 3 is 2.22 bits per heavy atom. The zero-order chi connectivity index (χ0) is 19.8. The summed E-state index contributed by atoms with van der Waals surface area (Å²) in [5.41, 5.74) is 1.91. The van der Waals surface area contributed by atoms with Crippen molar-refractivity contribution >= 4 is 38.2 Å². The Hall–Kier alpha value is -3.10. The quantitative estimate of drug-likeness (QED) is 0.570. The number of hydrogen-bond acceptors (Lipinski definition) is 5. The zero-order valence-corrected chi connectivity index (χ0v) is 15.4. The van der Waals surface area contributed by atoms with Crippen molar-refractivity contribution in [2.45, 2.75) is 11.8 Å². The van der Waals surface area contributed by atoms with Crippen LogP contribution in [0.25, 0.3) is 10.8 Å². The Bertz CT molecular complexity index is 1140. The number of ether oxygens (including phenoxy) is 1. The van der Waals surface area contributed by atoms with Crippen LogP contribution in [0.1, 0.15) is 15.9 Å². The number of methoxy groups -OCH3 is 1. The van der Waals surface area contributed by atoms with Gasteiger partial charge in [-0.2, -0.15) is 8.42 Å². The number of fused-ring (bicyclic) bond motifs is 1. The summed E-state index contributed by atoms with van der Waals surface area (Å²) in [4.78, 5) is 10.7. The van der Waals surface area contributed by atoms with Crippen molar-refractivity contribution in [3.8, 4) is 5.75 Å². The van der Waals surface area contributed by atoms with Gasteiger partial charge in [-0.3, -0.25) is 4.55 Å². The van der Waals surface area contributed by atoms with E-state index >= 15 is 0 Å². The van der Waals surface area contributed by atoms with Crippen molar-refractivity contribution in [1.82, 2.24) is 0 Å². The van der Waals surface area contributed by atoms with Gasteiger partial charge in [0, 0.05) is 22.3 Å². The molecule has 0 aromatic heterocycles. The first kappa shape index (κ1) is 18.7. The molecule has 27 heavy (non-hydrogen) atoms. The Morgan fingerprint density at radius 2 is 1.67 bits per heavy atom. The Morgan fingerprint density at radius 1 is 1.04 bits per heavy atom. The summed E-state index contributed by atoms with van der Waals surface area (Å²) in [5, 5.41) is 13.4. The van der Waals surface area contributed by atoms with Crippen molar-refractivity contribution < 1.29 is 27.6 Å². The summed E-state index contributed by atoms with van der Waals surface area (Å²) in [6.45, 7) is 1.56. The van der Waals surface area contributed by atoms with Crippen molar-refractivity contribution in [3.05, 3.63) is 59.7 Å². The molecule has 8 heteroatoms. The van der Waals surface area contributed by atoms with Gasteiger partial charge in [0.15, 0.2) is 0 Å². The van der Waals surface area contributed by atoms with E-state index < -0.39 is 16.1 Å². The molecule has 0 aliphatic carbocycles. The van der Waals surface area contributed by atoms with E-state index in [0.717, 1.165) is 0 Å². The van der Waals surface area contributed by atoms with Gasteiger partial charge in [0.05, 0.1) is 12.7 Å². The summed E-state index contributed by atoms with van der Waals surface area (Å²) in [6.07, 6.45) is 0. The molecule has 0 radical (unpaired) electrons. The molecule has 0 fully saturated rings. The van der Waals surface area contributed by atoms with E-state index in [2.05, 4.69) is 5.32 Å². The number of hydrogen-bond donors (Lipinski definition) is 3. The third kappa shape index (κ3) is 3.71. The van der Waals surface area contributed by atoms with Crippen LogP contribution in [0, 0.1) is 6.92 Å². The summed E-state index contributed by atoms with van der Waals surface area (Å²) >= 11 is 0. The van der Waals surface area contributed by atoms with E-state index in [1.54, 1.807) is 37.3 Å². The normalized spacial score (nSPS) is 11.4. The van der Waals surface area contributed by atoms with Crippen molar-refractivity contribution in [2.75, 3.05) is 12.4 Å². The second-order valence-electron chi connectivity index (χ2n) is 5.95. The third-order valence-corrected chi connectivity index (χ3v) is 5.18. The minimum atomic E-state index is -4.37. The highest BCUT2D eigenvalue weighted by Crippen LogP contribution is 2.36. The van der Waals surface area contributed by atoms with E-state index in [1.807, 2.05) is 0 Å². The zero-order valence-electron chi connectivity index (χ0n) is 14.6. The van der Waals surface area contributed by atoms with Gasteiger partial charge in [0.1, 0.15) is 10.6 Å². The number of nitrogens with one attached hydrogen (secondary N) is 1. The fraction of sp³-hybridized carbons (Fsp3) is 0.105. The lowest BCUT2D eigenvalue weighted by atomic mass is 10.0. The average Bonchev–Trinajstić information content (AvgIpc) is 2.61. The fourth-order valence-electron chi connectivity index (χ4n) is 2.91. The average molecular weight is 387 g/mol. The first-order valence-corrected chi connectivity index (χ1v) is 9.34. The molecule has 0 saturated carbocycles. The van der Waals surface area contributed by atoms with E-state index in [9.17, 15) is 17.8 Å². The summed E-state index contributed by atoms with van der Waals surface area (Å²) in [7, 11) is -2.94. The molecule has 0 atom stereocenters. The largest absolute Gasteiger partial charge is 0.496 e. The van der Waals surface area contributed by atoms with Gasteiger partial charge in [-0.25, -0.2) is 4.79 Å². The van der Waals surface area contributed by atoms with Crippen LogP contribution in [0.3, 0.4) is 0 Å². The fourth-order valence-corrected chi connectivity index (χ4v) is 3.67. The van der Waals surface area contributed by atoms with Crippen molar-refractivity contribution in [3.63, 3.8) is 0 Å². The van der Waals surface area contributed by atoms with Gasteiger partial charge in [-0.1, -0.05) is 6.07 Å². The van der Waals surface area contributed by atoms with Crippen LogP contribution in [-0.4, -0.2) is 31.2 Å². The van der Waals surface area contributed by atoms with Crippen molar-refractivity contribution in [1.29, 1.82) is 0 Å². The van der Waals surface area contributed by atoms with Gasteiger partial charge in [-0.05, 0) is 54.8 Å². The van der Waals surface area contributed by atoms with Crippen LogP contribution < -0.4 is 10.1 Å². The van der Waals surface area contributed by atoms with E-state index in [1.165, 1.54) is 25.3 Å². The number of aromatic carboxylic acids is 1. The SMILES string of the molecule is COc1c(C)c(S(=O)(=O)O)cc2ccc(Nc3ccc(C(=O)O)cc3)cc12. The number of carboxylic acids is 1. The lowest BCUT2D eigenvalue weighted by Gasteiger charge is -2.14. The van der Waals surface area contributed by atoms with E-state index in [0.29, 0.717) is 33.5 Å². The molecule has 3 rings (SSSR count). The molecule has 140 valence electrons. The molecule has 0 unspecified atom stereocenters. The standard InChI is InChI=1S/C19H17NO6S/c1-11-17(27(23,24)25)9-13-5-8-15(10-16(13)18(11)26-2)20-14-6-3-12(4-7-14)19(21)22/h3-10,20H,1-2H3,(H,21,22)(H,23,24,25). The van der Waals surface area contributed by atoms with E-state index in [-0.39, 0.29) is 10.5 Å². The summed E-state index contributed by atoms with van der Waals surface area (Å²) in [5.74, 6) is -0.646. The lowest BCUT2D eigenvalue weighted by molar-refractivity contribution is 0.0697. The molecule has 0 bridgehead atoms. The minimum Gasteiger partial charge on any atom is -0.496 e. The summed E-state index contributed by atoms with van der Waals surface area (Å²) in [6, 6.07) is 12.9. The first-order chi connectivity index (χ1) is 12.7. The number of rotatable bonds is 5. The molecule has 0 saturated heterocycles. The molecule has 0 heterocycles. The number of benzene rings is 3. The molecule has 0 aliphatic rings. The number of anilines is 2. The van der Waals surface area contributed by atoms with Crippen molar-refractivity contribution in [2.24, 2.45) is 0 Å². The molecule has 3 N–H and O–H groups in total. The van der Waals surface area contributed by atoms with E-state index in [4.69, 9.17) is 9.84 Å². The maximum Gasteiger partial charge on any atom is 0.335 e. The topological polar surface area (TPSA) is 113 Å². The van der Waals surface area contributed by atoms with Crippen LogP contribution in [0.15, 0.2) is 53.4 Å². The molecule has 0 aliphatic heterocycles. The highest BCUT2D eigenvalue weighted by Gasteiger charge is 2.19. The number of carboxylic acid groups (broad SMARTS) is 1. The Labute approximate surface area is 156 Å². The minimum absolute atomic E-state index is 0.189. The highest BCUT2D eigenvalue weighted by atomic mass is 32.2. The smallest absolute Gasteiger partial charge is 0.335 e. The lowest BCUT2D eigenvalue weighted by Crippen LogP contribution is -2.03. The Balaban J connectivity index is 2.05. The van der Waals surface area contributed by atoms with Crippen LogP contribution >= 0.6 is 0 Å². The van der Waals surface area contributed by atoms with Gasteiger partial charge in [-0.15, -0.1) is 0 Å². The predicted octanol–water partition coefficient (Wildman–Crippen LogP) is 3.85. The maximum absolute atomic E-state index is 11.6. The second-order valence-corrected chi connectivity index (χ2v) is 7.34. The maximum atomic E-state index is 11.6. The molecular weight excluding hydrogens is 370 g/mol. The highest BCUT2D eigenvalue weighted by molar-refractivity contribution is 7.85. The van der Waals surface area contributed by atoms with Gasteiger partial charge >= 0.3 is 5.97 Å². The van der Waals surface area contributed by atoms with Crippen LogP contribution in [0.2, 0.25) is 0 Å². The summed E-state index contributed by atoms with van der Waals surface area (Å²) < 4.78 is 38.0. The second kappa shape index (κ2) is 6.90. The predicted molar refractivity (Wildman–Crippen MR) is 102 cm³/mol. The first-order valence-electron chi connectivity index (χ1n) is 7.90. The Kier molecular flexibility index (Phi) is 4.77. The number of carbonyl (C=O) groups is 1. The molecule has 0 amide bonds. The molecule has 3 aromatic rings. The van der Waals surface area contributed by atoms with Gasteiger partial charge in [0.25, 0.3) is 10.1 Å². The van der Waals surface area contributed by atoms with Crippen LogP contribution in [0.5, 0.6) is 5.75 Å². The molecule has 7 nitrogen and oxygen atoms in total. The van der Waals surface area contributed by atoms with Gasteiger partial charge < -0.3 is 15.2 Å². The monoisotopic (exact) mass is 387 g/mol. The van der Waals surface area contributed by atoms with Crippen LogP contribution in [0.4, 0.5) is 11.4 Å². The molecule has 3 aromatic carbocycles. The molecule has 0 spiro atoms. The van der Waals surface area contributed by atoms with Crippen LogP contribution in [-0.2, 0) is 10.1 Å². The van der Waals surface area contributed by atoms with Gasteiger partial charge in [0.2, 0.25) is 0 Å².